The molecule has 0 atom stereocenters. The zero-order valence-corrected chi connectivity index (χ0v) is 10.5. The molecule has 2 aromatic rings. The van der Waals surface area contributed by atoms with Crippen molar-refractivity contribution in [1.82, 2.24) is 5.32 Å². The van der Waals surface area contributed by atoms with E-state index in [1.54, 1.807) is 0 Å². The summed E-state index contributed by atoms with van der Waals surface area (Å²) in [5, 5.41) is 3.26. The summed E-state index contributed by atoms with van der Waals surface area (Å²) >= 11 is 0. The molecule has 1 N–H and O–H groups in total. The smallest absolute Gasteiger partial charge is 0.134 e. The van der Waals surface area contributed by atoms with Crippen molar-refractivity contribution in [2.45, 2.75) is 26.8 Å². The summed E-state index contributed by atoms with van der Waals surface area (Å²) in [4.78, 5) is 0. The molecule has 0 spiro atoms. The van der Waals surface area contributed by atoms with E-state index in [4.69, 9.17) is 4.42 Å². The van der Waals surface area contributed by atoms with E-state index in [-0.39, 0.29) is 0 Å². The van der Waals surface area contributed by atoms with Crippen LogP contribution in [0.3, 0.4) is 0 Å². The Kier molecular flexibility index (Phi) is 3.99. The van der Waals surface area contributed by atoms with Gasteiger partial charge in [-0.2, -0.15) is 0 Å². The summed E-state index contributed by atoms with van der Waals surface area (Å²) in [7, 11) is 0. The Morgan fingerprint density at radius 3 is 2.76 bits per heavy atom. The third kappa shape index (κ3) is 2.98. The second-order valence-corrected chi connectivity index (χ2v) is 4.10. The predicted octanol–water partition coefficient (Wildman–Crippen LogP) is 3.62. The van der Waals surface area contributed by atoms with Crippen molar-refractivity contribution in [2.24, 2.45) is 0 Å². The SMILES string of the molecule is CCNCc1ccc(-c2cccc(CC)c2)o1. The lowest BCUT2D eigenvalue weighted by molar-refractivity contribution is 0.498. The van der Waals surface area contributed by atoms with Gasteiger partial charge in [-0.05, 0) is 36.7 Å². The maximum Gasteiger partial charge on any atom is 0.134 e. The van der Waals surface area contributed by atoms with Gasteiger partial charge >= 0.3 is 0 Å². The minimum Gasteiger partial charge on any atom is -0.460 e. The Bertz CT molecular complexity index is 473. The standard InChI is InChI=1S/C15H19NO/c1-3-12-6-5-7-13(10-12)15-9-8-14(17-15)11-16-4-2/h5-10,16H,3-4,11H2,1-2H3. The second-order valence-electron chi connectivity index (χ2n) is 4.10. The van der Waals surface area contributed by atoms with Crippen LogP contribution in [0.15, 0.2) is 40.8 Å². The van der Waals surface area contributed by atoms with E-state index in [0.717, 1.165) is 36.6 Å². The van der Waals surface area contributed by atoms with Crippen molar-refractivity contribution in [1.29, 1.82) is 0 Å². The lowest BCUT2D eigenvalue weighted by atomic mass is 10.1. The fourth-order valence-electron chi connectivity index (χ4n) is 1.82. The predicted molar refractivity (Wildman–Crippen MR) is 70.9 cm³/mol. The number of nitrogens with one attached hydrogen (secondary N) is 1. The molecule has 1 aromatic heterocycles. The molecule has 0 aliphatic rings. The van der Waals surface area contributed by atoms with Crippen molar-refractivity contribution in [3.8, 4) is 11.3 Å². The third-order valence-corrected chi connectivity index (χ3v) is 2.83. The Balaban J connectivity index is 2.18. The molecular weight excluding hydrogens is 210 g/mol. The highest BCUT2D eigenvalue weighted by atomic mass is 16.3. The Hall–Kier alpha value is -1.54. The van der Waals surface area contributed by atoms with Crippen LogP contribution >= 0.6 is 0 Å². The topological polar surface area (TPSA) is 25.2 Å². The normalized spacial score (nSPS) is 10.7. The zero-order valence-electron chi connectivity index (χ0n) is 10.5. The van der Waals surface area contributed by atoms with Gasteiger partial charge in [0.15, 0.2) is 0 Å². The van der Waals surface area contributed by atoms with Gasteiger partial charge in [-0.1, -0.05) is 32.0 Å². The largest absolute Gasteiger partial charge is 0.460 e. The molecular formula is C15H19NO. The monoisotopic (exact) mass is 229 g/mol. The molecule has 17 heavy (non-hydrogen) atoms. The molecule has 0 saturated heterocycles. The van der Waals surface area contributed by atoms with E-state index in [0.29, 0.717) is 0 Å². The summed E-state index contributed by atoms with van der Waals surface area (Å²) in [6, 6.07) is 12.6. The minimum absolute atomic E-state index is 0.796. The van der Waals surface area contributed by atoms with Gasteiger partial charge in [0, 0.05) is 5.56 Å². The van der Waals surface area contributed by atoms with Gasteiger partial charge in [0.05, 0.1) is 6.54 Å². The quantitative estimate of drug-likeness (QED) is 0.847. The molecule has 0 saturated carbocycles. The number of furan rings is 1. The van der Waals surface area contributed by atoms with E-state index < -0.39 is 0 Å². The molecule has 0 fully saturated rings. The van der Waals surface area contributed by atoms with Crippen molar-refractivity contribution in [3.05, 3.63) is 47.7 Å². The van der Waals surface area contributed by atoms with Crippen molar-refractivity contribution < 1.29 is 4.42 Å². The van der Waals surface area contributed by atoms with Crippen LogP contribution in [-0.2, 0) is 13.0 Å². The van der Waals surface area contributed by atoms with Gasteiger partial charge < -0.3 is 9.73 Å². The molecule has 0 radical (unpaired) electrons. The molecule has 0 bridgehead atoms. The number of rotatable bonds is 5. The molecule has 2 rings (SSSR count). The summed E-state index contributed by atoms with van der Waals surface area (Å²) in [5.41, 5.74) is 2.50. The fourth-order valence-corrected chi connectivity index (χ4v) is 1.82. The van der Waals surface area contributed by atoms with E-state index >= 15 is 0 Å². The van der Waals surface area contributed by atoms with Gasteiger partial charge in [0.1, 0.15) is 11.5 Å². The maximum absolute atomic E-state index is 5.81. The molecule has 0 aliphatic heterocycles. The molecule has 0 unspecified atom stereocenters. The van der Waals surface area contributed by atoms with Crippen LogP contribution in [0.4, 0.5) is 0 Å². The van der Waals surface area contributed by atoms with Crippen molar-refractivity contribution in [2.75, 3.05) is 6.54 Å². The third-order valence-electron chi connectivity index (χ3n) is 2.83. The summed E-state index contributed by atoms with van der Waals surface area (Å²) in [6.07, 6.45) is 1.05. The fraction of sp³-hybridized carbons (Fsp3) is 0.333. The molecule has 0 aliphatic carbocycles. The highest BCUT2D eigenvalue weighted by Crippen LogP contribution is 2.23. The number of aryl methyl sites for hydroxylation is 1. The summed E-state index contributed by atoms with van der Waals surface area (Å²) in [5.74, 6) is 1.94. The first-order chi connectivity index (χ1) is 8.33. The van der Waals surface area contributed by atoms with Gasteiger partial charge in [-0.3, -0.25) is 0 Å². The highest BCUT2D eigenvalue weighted by molar-refractivity contribution is 5.58. The Morgan fingerprint density at radius 1 is 1.12 bits per heavy atom. The highest BCUT2D eigenvalue weighted by Gasteiger charge is 2.04. The molecule has 2 heteroatoms. The lowest BCUT2D eigenvalue weighted by Crippen LogP contribution is -2.10. The Labute approximate surface area is 103 Å². The van der Waals surface area contributed by atoms with Gasteiger partial charge in [0.2, 0.25) is 0 Å². The van der Waals surface area contributed by atoms with E-state index in [1.807, 2.05) is 12.1 Å². The second kappa shape index (κ2) is 5.69. The van der Waals surface area contributed by atoms with E-state index in [1.165, 1.54) is 5.56 Å². The first-order valence-corrected chi connectivity index (χ1v) is 6.22. The average Bonchev–Trinajstić information content (AvgIpc) is 2.85. The first-order valence-electron chi connectivity index (χ1n) is 6.22. The molecule has 2 nitrogen and oxygen atoms in total. The van der Waals surface area contributed by atoms with E-state index in [2.05, 4.69) is 43.4 Å². The number of hydrogen-bond donors (Lipinski definition) is 1. The number of benzene rings is 1. The van der Waals surface area contributed by atoms with Crippen LogP contribution in [0.5, 0.6) is 0 Å². The van der Waals surface area contributed by atoms with Crippen molar-refractivity contribution >= 4 is 0 Å². The van der Waals surface area contributed by atoms with Crippen molar-refractivity contribution in [3.63, 3.8) is 0 Å². The summed E-state index contributed by atoms with van der Waals surface area (Å²) in [6.45, 7) is 6.01. The minimum atomic E-state index is 0.796. The van der Waals surface area contributed by atoms with Gasteiger partial charge in [-0.15, -0.1) is 0 Å². The van der Waals surface area contributed by atoms with E-state index in [9.17, 15) is 0 Å². The van der Waals surface area contributed by atoms with Crippen LogP contribution < -0.4 is 5.32 Å². The van der Waals surface area contributed by atoms with Gasteiger partial charge in [0.25, 0.3) is 0 Å². The molecule has 0 amide bonds. The van der Waals surface area contributed by atoms with Crippen LogP contribution in [0.2, 0.25) is 0 Å². The molecule has 1 heterocycles. The Morgan fingerprint density at radius 2 is 2.00 bits per heavy atom. The maximum atomic E-state index is 5.81. The average molecular weight is 229 g/mol. The molecule has 90 valence electrons. The first kappa shape index (κ1) is 11.9. The number of hydrogen-bond acceptors (Lipinski definition) is 2. The lowest BCUT2D eigenvalue weighted by Gasteiger charge is -2.01. The summed E-state index contributed by atoms with van der Waals surface area (Å²) < 4.78 is 5.81. The zero-order chi connectivity index (χ0) is 12.1. The van der Waals surface area contributed by atoms with Crippen LogP contribution in [0.1, 0.15) is 25.2 Å². The van der Waals surface area contributed by atoms with Gasteiger partial charge in [-0.25, -0.2) is 0 Å². The van der Waals surface area contributed by atoms with Crippen LogP contribution in [0.25, 0.3) is 11.3 Å². The molecule has 1 aromatic carbocycles. The van der Waals surface area contributed by atoms with Crippen LogP contribution in [0, 0.1) is 0 Å². The van der Waals surface area contributed by atoms with Crippen LogP contribution in [-0.4, -0.2) is 6.54 Å².